The Labute approximate surface area is 126 Å². The van der Waals surface area contributed by atoms with Crippen molar-refractivity contribution in [3.63, 3.8) is 0 Å². The first-order valence-corrected chi connectivity index (χ1v) is 7.46. The van der Waals surface area contributed by atoms with Crippen molar-refractivity contribution >= 4 is 12.1 Å². The van der Waals surface area contributed by atoms with Crippen LogP contribution < -0.4 is 5.32 Å². The molecule has 0 aromatic heterocycles. The van der Waals surface area contributed by atoms with E-state index < -0.39 is 17.6 Å². The van der Waals surface area contributed by atoms with Crippen molar-refractivity contribution < 1.29 is 24.2 Å². The van der Waals surface area contributed by atoms with E-state index in [4.69, 9.17) is 14.6 Å². The highest BCUT2D eigenvalue weighted by atomic mass is 16.6. The number of methoxy groups -OCH3 is 1. The number of hydrogen-bond acceptors (Lipinski definition) is 5. The molecule has 1 aliphatic rings. The highest BCUT2D eigenvalue weighted by molar-refractivity contribution is 5.75. The van der Waals surface area contributed by atoms with Gasteiger partial charge in [-0.1, -0.05) is 6.42 Å². The lowest BCUT2D eigenvalue weighted by atomic mass is 9.74. The molecule has 3 atom stereocenters. The van der Waals surface area contributed by atoms with Crippen molar-refractivity contribution in [1.82, 2.24) is 5.32 Å². The van der Waals surface area contributed by atoms with Gasteiger partial charge in [0.2, 0.25) is 0 Å². The van der Waals surface area contributed by atoms with E-state index >= 15 is 0 Å². The summed E-state index contributed by atoms with van der Waals surface area (Å²) in [5.41, 5.74) is -0.579. The smallest absolute Gasteiger partial charge is 0.407 e. The first-order valence-electron chi connectivity index (χ1n) is 7.46. The number of aliphatic hydroxyl groups is 1. The SMILES string of the molecule is COC(=O)[C@@H]1[C@@H](CCO)CCC[C@H]1NC(=O)OC(C)(C)C. The molecule has 0 unspecified atom stereocenters. The number of amides is 1. The van der Waals surface area contributed by atoms with Crippen molar-refractivity contribution in [2.45, 2.75) is 58.1 Å². The van der Waals surface area contributed by atoms with Gasteiger partial charge in [0, 0.05) is 12.6 Å². The van der Waals surface area contributed by atoms with Gasteiger partial charge in [-0.15, -0.1) is 0 Å². The number of nitrogens with one attached hydrogen (secondary N) is 1. The molecule has 122 valence electrons. The van der Waals surface area contributed by atoms with Crippen molar-refractivity contribution in [1.29, 1.82) is 0 Å². The monoisotopic (exact) mass is 301 g/mol. The normalized spacial score (nSPS) is 26.0. The van der Waals surface area contributed by atoms with Crippen molar-refractivity contribution in [3.05, 3.63) is 0 Å². The largest absolute Gasteiger partial charge is 0.469 e. The molecule has 2 N–H and O–H groups in total. The van der Waals surface area contributed by atoms with Gasteiger partial charge in [-0.3, -0.25) is 4.79 Å². The standard InChI is InChI=1S/C15H27NO5/c1-15(2,3)21-14(19)16-11-7-5-6-10(8-9-17)12(11)13(18)20-4/h10-12,17H,5-9H2,1-4H3,(H,16,19)/t10-,11-,12-/m1/s1. The molecule has 0 aliphatic heterocycles. The third kappa shape index (κ3) is 5.53. The minimum absolute atomic E-state index is 0.0242. The van der Waals surface area contributed by atoms with Crippen LogP contribution in [-0.2, 0) is 14.3 Å². The van der Waals surface area contributed by atoms with Gasteiger partial charge >= 0.3 is 12.1 Å². The minimum Gasteiger partial charge on any atom is -0.469 e. The quantitative estimate of drug-likeness (QED) is 0.774. The summed E-state index contributed by atoms with van der Waals surface area (Å²) in [7, 11) is 1.34. The van der Waals surface area contributed by atoms with Gasteiger partial charge < -0.3 is 19.9 Å². The molecule has 0 aromatic carbocycles. The Hall–Kier alpha value is -1.30. The second-order valence-electron chi connectivity index (χ2n) is 6.50. The lowest BCUT2D eigenvalue weighted by Crippen LogP contribution is -2.50. The average molecular weight is 301 g/mol. The fourth-order valence-corrected chi connectivity index (χ4v) is 2.89. The molecular weight excluding hydrogens is 274 g/mol. The van der Waals surface area contributed by atoms with Gasteiger partial charge in [-0.25, -0.2) is 4.79 Å². The van der Waals surface area contributed by atoms with Crippen molar-refractivity contribution in [2.24, 2.45) is 11.8 Å². The molecule has 0 radical (unpaired) electrons. The number of rotatable bonds is 4. The Balaban J connectivity index is 2.76. The fraction of sp³-hybridized carbons (Fsp3) is 0.867. The third-order valence-electron chi connectivity index (χ3n) is 3.71. The van der Waals surface area contributed by atoms with Crippen LogP contribution in [0.5, 0.6) is 0 Å². The van der Waals surface area contributed by atoms with E-state index in [9.17, 15) is 9.59 Å². The highest BCUT2D eigenvalue weighted by Gasteiger charge is 2.40. The summed E-state index contributed by atoms with van der Waals surface area (Å²) in [6.45, 7) is 5.40. The number of ether oxygens (including phenoxy) is 2. The topological polar surface area (TPSA) is 84.9 Å². The van der Waals surface area contributed by atoms with Crippen LogP contribution in [0.25, 0.3) is 0 Å². The molecule has 21 heavy (non-hydrogen) atoms. The van der Waals surface area contributed by atoms with Crippen LogP contribution >= 0.6 is 0 Å². The molecule has 1 aliphatic carbocycles. The number of alkyl carbamates (subject to hydrolysis) is 1. The summed E-state index contributed by atoms with van der Waals surface area (Å²) in [6, 6.07) is -0.308. The lowest BCUT2D eigenvalue weighted by Gasteiger charge is -2.36. The summed E-state index contributed by atoms with van der Waals surface area (Å²) in [6.07, 6.45) is 2.48. The van der Waals surface area contributed by atoms with E-state index in [0.29, 0.717) is 12.8 Å². The van der Waals surface area contributed by atoms with E-state index in [0.717, 1.165) is 12.8 Å². The van der Waals surface area contributed by atoms with Gasteiger partial charge in [0.05, 0.1) is 13.0 Å². The Morgan fingerprint density at radius 2 is 1.95 bits per heavy atom. The van der Waals surface area contributed by atoms with Crippen LogP contribution in [0.1, 0.15) is 46.5 Å². The molecule has 6 heteroatoms. The molecule has 1 fully saturated rings. The molecule has 0 spiro atoms. The molecule has 0 aromatic rings. The summed E-state index contributed by atoms with van der Waals surface area (Å²) in [4.78, 5) is 23.9. The molecule has 0 saturated heterocycles. The second-order valence-corrected chi connectivity index (χ2v) is 6.50. The zero-order valence-electron chi connectivity index (χ0n) is 13.3. The van der Waals surface area contributed by atoms with Gasteiger partial charge in [-0.05, 0) is 46.0 Å². The van der Waals surface area contributed by atoms with E-state index in [-0.39, 0.29) is 24.5 Å². The molecule has 0 bridgehead atoms. The highest BCUT2D eigenvalue weighted by Crippen LogP contribution is 2.33. The van der Waals surface area contributed by atoms with E-state index in [1.807, 2.05) is 0 Å². The predicted molar refractivity (Wildman–Crippen MR) is 77.7 cm³/mol. The first-order chi connectivity index (χ1) is 9.78. The van der Waals surface area contributed by atoms with Crippen LogP contribution in [0.15, 0.2) is 0 Å². The second kappa shape index (κ2) is 7.64. The Bertz CT molecular complexity index is 362. The van der Waals surface area contributed by atoms with Gasteiger partial charge in [0.1, 0.15) is 5.60 Å². The molecule has 1 amide bonds. The lowest BCUT2D eigenvalue weighted by molar-refractivity contribution is -0.150. The van der Waals surface area contributed by atoms with Gasteiger partial charge in [0.15, 0.2) is 0 Å². The van der Waals surface area contributed by atoms with E-state index in [1.54, 1.807) is 20.8 Å². The maximum atomic E-state index is 12.0. The van der Waals surface area contributed by atoms with E-state index in [1.165, 1.54) is 7.11 Å². The summed E-state index contributed by atoms with van der Waals surface area (Å²) < 4.78 is 10.1. The van der Waals surface area contributed by atoms with Crippen LogP contribution in [-0.4, -0.2) is 42.5 Å². The van der Waals surface area contributed by atoms with E-state index in [2.05, 4.69) is 5.32 Å². The molecule has 6 nitrogen and oxygen atoms in total. The average Bonchev–Trinajstić information content (AvgIpc) is 2.36. The zero-order chi connectivity index (χ0) is 16.0. The zero-order valence-corrected chi connectivity index (χ0v) is 13.3. The van der Waals surface area contributed by atoms with Crippen LogP contribution in [0.3, 0.4) is 0 Å². The van der Waals surface area contributed by atoms with Gasteiger partial charge in [-0.2, -0.15) is 0 Å². The van der Waals surface area contributed by atoms with Crippen molar-refractivity contribution in [3.8, 4) is 0 Å². The predicted octanol–water partition coefficient (Wildman–Crippen LogP) is 1.85. The molecule has 1 rings (SSSR count). The van der Waals surface area contributed by atoms with Crippen LogP contribution in [0.2, 0.25) is 0 Å². The number of hydrogen-bond donors (Lipinski definition) is 2. The number of aliphatic hydroxyl groups excluding tert-OH is 1. The molecule has 1 saturated carbocycles. The summed E-state index contributed by atoms with van der Waals surface area (Å²) in [5.74, 6) is -0.742. The fourth-order valence-electron chi connectivity index (χ4n) is 2.89. The van der Waals surface area contributed by atoms with Crippen LogP contribution in [0.4, 0.5) is 4.79 Å². The Kier molecular flexibility index (Phi) is 6.45. The third-order valence-corrected chi connectivity index (χ3v) is 3.71. The summed E-state index contributed by atoms with van der Waals surface area (Å²) in [5, 5.41) is 11.9. The maximum absolute atomic E-state index is 12.0. The maximum Gasteiger partial charge on any atom is 0.407 e. The van der Waals surface area contributed by atoms with Gasteiger partial charge in [0.25, 0.3) is 0 Å². The summed E-state index contributed by atoms with van der Waals surface area (Å²) >= 11 is 0. The molecule has 0 heterocycles. The Morgan fingerprint density at radius 3 is 2.48 bits per heavy atom. The number of carbonyl (C=O) groups is 2. The first kappa shape index (κ1) is 17.8. The Morgan fingerprint density at radius 1 is 1.29 bits per heavy atom. The minimum atomic E-state index is -0.579. The van der Waals surface area contributed by atoms with Crippen molar-refractivity contribution in [2.75, 3.05) is 13.7 Å². The number of esters is 1. The number of carbonyl (C=O) groups excluding carboxylic acids is 2. The molecular formula is C15H27NO5. The van der Waals surface area contributed by atoms with Crippen LogP contribution in [0, 0.1) is 11.8 Å².